The molecule has 128 valence electrons. The van der Waals surface area contributed by atoms with Gasteiger partial charge in [-0.2, -0.15) is 0 Å². The van der Waals surface area contributed by atoms with Gasteiger partial charge in [-0.25, -0.2) is 0 Å². The summed E-state index contributed by atoms with van der Waals surface area (Å²) < 4.78 is 5.89. The van der Waals surface area contributed by atoms with Crippen LogP contribution < -0.4 is 10.1 Å². The largest absolute Gasteiger partial charge is 0.489 e. The summed E-state index contributed by atoms with van der Waals surface area (Å²) in [6.45, 7) is 3.52. The molecule has 0 saturated carbocycles. The van der Waals surface area contributed by atoms with E-state index >= 15 is 0 Å². The Bertz CT molecular complexity index is 787. The number of rotatable bonds is 7. The molecule has 0 fully saturated rings. The molecule has 0 aliphatic heterocycles. The third kappa shape index (κ3) is 5.35. The van der Waals surface area contributed by atoms with E-state index in [0.717, 1.165) is 17.3 Å². The first-order valence-electron chi connectivity index (χ1n) is 8.45. The molecular formula is C22H22ClNO. The Labute approximate surface area is 154 Å². The molecule has 0 aliphatic carbocycles. The monoisotopic (exact) mass is 351 g/mol. The highest BCUT2D eigenvalue weighted by atomic mass is 35.5. The van der Waals surface area contributed by atoms with Crippen LogP contribution in [0.4, 0.5) is 0 Å². The predicted octanol–water partition coefficient (Wildman–Crippen LogP) is 5.77. The highest BCUT2D eigenvalue weighted by Crippen LogP contribution is 2.18. The molecule has 0 saturated heterocycles. The van der Waals surface area contributed by atoms with Crippen molar-refractivity contribution in [3.8, 4) is 5.75 Å². The maximum absolute atomic E-state index is 5.95. The van der Waals surface area contributed by atoms with Crippen LogP contribution in [0.2, 0.25) is 5.02 Å². The van der Waals surface area contributed by atoms with Gasteiger partial charge in [-0.05, 0) is 47.9 Å². The average molecular weight is 352 g/mol. The van der Waals surface area contributed by atoms with Crippen LogP contribution in [0.15, 0.2) is 78.9 Å². The highest BCUT2D eigenvalue weighted by molar-refractivity contribution is 6.30. The van der Waals surface area contributed by atoms with E-state index in [9.17, 15) is 0 Å². The molecule has 0 spiro atoms. The van der Waals surface area contributed by atoms with Gasteiger partial charge in [0.15, 0.2) is 0 Å². The first-order chi connectivity index (χ1) is 12.2. The molecule has 25 heavy (non-hydrogen) atoms. The maximum atomic E-state index is 5.95. The van der Waals surface area contributed by atoms with E-state index in [2.05, 4.69) is 48.6 Å². The van der Waals surface area contributed by atoms with Gasteiger partial charge in [-0.3, -0.25) is 0 Å². The molecule has 0 aromatic heterocycles. The van der Waals surface area contributed by atoms with Crippen LogP contribution in [0.5, 0.6) is 5.75 Å². The Morgan fingerprint density at radius 1 is 0.880 bits per heavy atom. The maximum Gasteiger partial charge on any atom is 0.120 e. The predicted molar refractivity (Wildman–Crippen MR) is 104 cm³/mol. The summed E-state index contributed by atoms with van der Waals surface area (Å²) in [6.07, 6.45) is 0. The van der Waals surface area contributed by atoms with E-state index < -0.39 is 0 Å². The minimum atomic E-state index is 0.256. The lowest BCUT2D eigenvalue weighted by molar-refractivity contribution is 0.306. The zero-order valence-electron chi connectivity index (χ0n) is 14.3. The molecule has 1 atom stereocenters. The van der Waals surface area contributed by atoms with Gasteiger partial charge >= 0.3 is 0 Å². The van der Waals surface area contributed by atoms with Crippen molar-refractivity contribution in [2.45, 2.75) is 26.1 Å². The number of hydrogen-bond acceptors (Lipinski definition) is 2. The first-order valence-corrected chi connectivity index (χ1v) is 8.83. The normalized spacial score (nSPS) is 11.9. The van der Waals surface area contributed by atoms with Gasteiger partial charge in [0.05, 0.1) is 0 Å². The van der Waals surface area contributed by atoms with E-state index in [-0.39, 0.29) is 6.04 Å². The average Bonchev–Trinajstić information content (AvgIpc) is 2.66. The molecule has 0 aliphatic rings. The van der Waals surface area contributed by atoms with Crippen molar-refractivity contribution in [3.05, 3.63) is 101 Å². The second-order valence-corrected chi connectivity index (χ2v) is 6.51. The van der Waals surface area contributed by atoms with Crippen molar-refractivity contribution in [3.63, 3.8) is 0 Å². The molecule has 0 amide bonds. The minimum absolute atomic E-state index is 0.256. The lowest BCUT2D eigenvalue weighted by Crippen LogP contribution is -2.18. The lowest BCUT2D eigenvalue weighted by atomic mass is 10.1. The molecule has 3 aromatic rings. The summed E-state index contributed by atoms with van der Waals surface area (Å²) in [5.74, 6) is 0.891. The van der Waals surface area contributed by atoms with Crippen LogP contribution in [-0.4, -0.2) is 0 Å². The van der Waals surface area contributed by atoms with E-state index in [1.807, 2.05) is 42.5 Å². The van der Waals surface area contributed by atoms with E-state index in [4.69, 9.17) is 16.3 Å². The van der Waals surface area contributed by atoms with Crippen molar-refractivity contribution in [1.29, 1.82) is 0 Å². The van der Waals surface area contributed by atoms with Crippen LogP contribution >= 0.6 is 11.6 Å². The van der Waals surface area contributed by atoms with Crippen molar-refractivity contribution in [2.75, 3.05) is 0 Å². The van der Waals surface area contributed by atoms with Crippen molar-refractivity contribution < 1.29 is 4.74 Å². The number of hydrogen-bond donors (Lipinski definition) is 1. The molecule has 1 unspecified atom stereocenters. The van der Waals surface area contributed by atoms with Gasteiger partial charge < -0.3 is 10.1 Å². The second kappa shape index (κ2) is 8.70. The summed E-state index contributed by atoms with van der Waals surface area (Å²) in [7, 11) is 0. The smallest absolute Gasteiger partial charge is 0.120 e. The van der Waals surface area contributed by atoms with Crippen LogP contribution in [-0.2, 0) is 13.2 Å². The fourth-order valence-electron chi connectivity index (χ4n) is 2.63. The van der Waals surface area contributed by atoms with Gasteiger partial charge in [-0.1, -0.05) is 66.2 Å². The van der Waals surface area contributed by atoms with Gasteiger partial charge in [0.25, 0.3) is 0 Å². The SMILES string of the molecule is CC(NCc1cccc(OCc2ccccc2)c1)c1ccc(Cl)cc1. The quantitative estimate of drug-likeness (QED) is 0.583. The zero-order chi connectivity index (χ0) is 17.5. The van der Waals surface area contributed by atoms with E-state index in [1.165, 1.54) is 16.7 Å². The first kappa shape index (κ1) is 17.5. The number of nitrogens with one attached hydrogen (secondary N) is 1. The van der Waals surface area contributed by atoms with Crippen LogP contribution in [0.25, 0.3) is 0 Å². The highest BCUT2D eigenvalue weighted by Gasteiger charge is 2.05. The Kier molecular flexibility index (Phi) is 6.10. The van der Waals surface area contributed by atoms with E-state index in [0.29, 0.717) is 6.61 Å². The third-order valence-corrected chi connectivity index (χ3v) is 4.38. The summed E-state index contributed by atoms with van der Waals surface area (Å²) in [6, 6.07) is 26.6. The molecule has 0 radical (unpaired) electrons. The standard InChI is InChI=1S/C22H22ClNO/c1-17(20-10-12-21(23)13-11-20)24-15-19-8-5-9-22(14-19)25-16-18-6-3-2-4-7-18/h2-14,17,24H,15-16H2,1H3. The third-order valence-electron chi connectivity index (χ3n) is 4.13. The van der Waals surface area contributed by atoms with Crippen LogP contribution in [0.3, 0.4) is 0 Å². The summed E-state index contributed by atoms with van der Waals surface area (Å²) >= 11 is 5.95. The van der Waals surface area contributed by atoms with Crippen LogP contribution in [0.1, 0.15) is 29.7 Å². The molecule has 0 bridgehead atoms. The van der Waals surface area contributed by atoms with Crippen molar-refractivity contribution in [1.82, 2.24) is 5.32 Å². The molecule has 3 heteroatoms. The van der Waals surface area contributed by atoms with Crippen molar-refractivity contribution in [2.24, 2.45) is 0 Å². The molecule has 2 nitrogen and oxygen atoms in total. The number of benzene rings is 3. The Morgan fingerprint density at radius 3 is 2.36 bits per heavy atom. The van der Waals surface area contributed by atoms with Gasteiger partial charge in [0.1, 0.15) is 12.4 Å². The fraction of sp³-hybridized carbons (Fsp3) is 0.182. The molecule has 3 aromatic carbocycles. The Hall–Kier alpha value is -2.29. The van der Waals surface area contributed by atoms with E-state index in [1.54, 1.807) is 0 Å². The number of ether oxygens (including phenoxy) is 1. The zero-order valence-corrected chi connectivity index (χ0v) is 15.0. The molecule has 1 N–H and O–H groups in total. The Morgan fingerprint density at radius 2 is 1.60 bits per heavy atom. The minimum Gasteiger partial charge on any atom is -0.489 e. The summed E-state index contributed by atoms with van der Waals surface area (Å²) in [4.78, 5) is 0. The van der Waals surface area contributed by atoms with Crippen molar-refractivity contribution >= 4 is 11.6 Å². The van der Waals surface area contributed by atoms with Gasteiger partial charge in [0.2, 0.25) is 0 Å². The number of halogens is 1. The van der Waals surface area contributed by atoms with Gasteiger partial charge in [-0.15, -0.1) is 0 Å². The topological polar surface area (TPSA) is 21.3 Å². The summed E-state index contributed by atoms with van der Waals surface area (Å²) in [5, 5.41) is 4.30. The van der Waals surface area contributed by atoms with Crippen LogP contribution in [0, 0.1) is 0 Å². The molecule has 0 heterocycles. The summed E-state index contributed by atoms with van der Waals surface area (Å²) in [5.41, 5.74) is 3.59. The molecular weight excluding hydrogens is 330 g/mol. The Balaban J connectivity index is 1.55. The fourth-order valence-corrected chi connectivity index (χ4v) is 2.75. The van der Waals surface area contributed by atoms with Gasteiger partial charge in [0, 0.05) is 17.6 Å². The second-order valence-electron chi connectivity index (χ2n) is 6.08. The lowest BCUT2D eigenvalue weighted by Gasteiger charge is -2.15. The molecule has 3 rings (SSSR count).